The maximum absolute atomic E-state index is 12.8. The number of aliphatic hydroxyl groups is 1. The molecule has 3 N–H and O–H groups in total. The number of nitrogens with zero attached hydrogens (tertiary/aromatic N) is 1. The number of rotatable bonds is 7. The number of hydrogen-bond acceptors (Lipinski definition) is 4. The number of nitrogens with one attached hydrogen (secondary N) is 2. The lowest BCUT2D eigenvalue weighted by atomic mass is 10.0. The van der Waals surface area contributed by atoms with Gasteiger partial charge in [-0.2, -0.15) is 0 Å². The predicted molar refractivity (Wildman–Crippen MR) is 94.4 cm³/mol. The van der Waals surface area contributed by atoms with Gasteiger partial charge in [0.2, 0.25) is 11.8 Å². The summed E-state index contributed by atoms with van der Waals surface area (Å²) < 4.78 is 0. The molecule has 6 nitrogen and oxygen atoms in total. The molecule has 0 aliphatic carbocycles. The van der Waals surface area contributed by atoms with E-state index in [0.29, 0.717) is 12.0 Å². The lowest BCUT2D eigenvalue weighted by molar-refractivity contribution is -0.133. The molecule has 132 valence electrons. The van der Waals surface area contributed by atoms with Crippen molar-refractivity contribution in [2.75, 3.05) is 0 Å². The highest BCUT2D eigenvalue weighted by Crippen LogP contribution is 2.19. The van der Waals surface area contributed by atoms with Gasteiger partial charge < -0.3 is 15.7 Å². The Morgan fingerprint density at radius 1 is 1.04 bits per heavy atom. The largest absolute Gasteiger partial charge is 0.384 e. The van der Waals surface area contributed by atoms with Crippen LogP contribution in [0.3, 0.4) is 0 Å². The summed E-state index contributed by atoms with van der Waals surface area (Å²) >= 11 is 0. The third-order valence-electron chi connectivity index (χ3n) is 3.87. The number of amides is 2. The smallest absolute Gasteiger partial charge is 0.249 e. The molecule has 0 bridgehead atoms. The molecule has 0 spiro atoms. The normalized spacial score (nSPS) is 14.2. The van der Waals surface area contributed by atoms with Gasteiger partial charge in [-0.15, -0.1) is 0 Å². The average molecular weight is 341 g/mol. The van der Waals surface area contributed by atoms with Crippen LogP contribution >= 0.6 is 0 Å². The highest BCUT2D eigenvalue weighted by atomic mass is 16.3. The maximum Gasteiger partial charge on any atom is 0.249 e. The first-order valence-corrected chi connectivity index (χ1v) is 8.26. The topological polar surface area (TPSA) is 91.3 Å². The SMILES string of the molecule is CC[C@H](NC(=O)C(NC(=O)C(C)O)c1cccnc1)c1ccccc1. The Balaban J connectivity index is 2.21. The van der Waals surface area contributed by atoms with Crippen LogP contribution in [0, 0.1) is 0 Å². The van der Waals surface area contributed by atoms with E-state index in [1.54, 1.807) is 18.3 Å². The first-order valence-electron chi connectivity index (χ1n) is 8.26. The zero-order valence-electron chi connectivity index (χ0n) is 14.3. The van der Waals surface area contributed by atoms with E-state index < -0.39 is 18.1 Å². The second-order valence-corrected chi connectivity index (χ2v) is 5.78. The van der Waals surface area contributed by atoms with Gasteiger partial charge in [0.25, 0.3) is 0 Å². The molecule has 25 heavy (non-hydrogen) atoms. The third kappa shape index (κ3) is 5.12. The van der Waals surface area contributed by atoms with Crippen LogP contribution in [-0.2, 0) is 9.59 Å². The molecule has 2 rings (SSSR count). The highest BCUT2D eigenvalue weighted by Gasteiger charge is 2.26. The van der Waals surface area contributed by atoms with Crippen molar-refractivity contribution in [3.8, 4) is 0 Å². The lowest BCUT2D eigenvalue weighted by Gasteiger charge is -2.23. The van der Waals surface area contributed by atoms with Gasteiger partial charge in [0.05, 0.1) is 6.04 Å². The van der Waals surface area contributed by atoms with Gasteiger partial charge in [-0.1, -0.05) is 43.3 Å². The second-order valence-electron chi connectivity index (χ2n) is 5.78. The van der Waals surface area contributed by atoms with E-state index in [2.05, 4.69) is 15.6 Å². The van der Waals surface area contributed by atoms with Crippen LogP contribution in [0.4, 0.5) is 0 Å². The predicted octanol–water partition coefficient (Wildman–Crippen LogP) is 1.89. The number of hydrogen-bond donors (Lipinski definition) is 3. The highest BCUT2D eigenvalue weighted by molar-refractivity contribution is 5.90. The van der Waals surface area contributed by atoms with Gasteiger partial charge in [0.15, 0.2) is 0 Å². The van der Waals surface area contributed by atoms with E-state index >= 15 is 0 Å². The quantitative estimate of drug-likeness (QED) is 0.717. The van der Waals surface area contributed by atoms with Crippen LogP contribution in [0.1, 0.15) is 43.5 Å². The molecule has 0 aliphatic heterocycles. The van der Waals surface area contributed by atoms with Crippen molar-refractivity contribution in [3.05, 3.63) is 66.0 Å². The standard InChI is InChI=1S/C19H23N3O3/c1-3-16(14-8-5-4-6-9-14)21-19(25)17(22-18(24)13(2)23)15-10-7-11-20-12-15/h4-13,16-17,23H,3H2,1-2H3,(H,21,25)(H,22,24)/t13?,16-,17?/m0/s1. The molecule has 1 aromatic carbocycles. The Morgan fingerprint density at radius 3 is 2.28 bits per heavy atom. The van der Waals surface area contributed by atoms with Crippen molar-refractivity contribution in [2.24, 2.45) is 0 Å². The Kier molecular flexibility index (Phi) is 6.65. The Hall–Kier alpha value is -2.73. The summed E-state index contributed by atoms with van der Waals surface area (Å²) in [5, 5.41) is 15.0. The molecule has 6 heteroatoms. The van der Waals surface area contributed by atoms with E-state index in [4.69, 9.17) is 0 Å². The summed E-state index contributed by atoms with van der Waals surface area (Å²) in [7, 11) is 0. The molecule has 0 fully saturated rings. The minimum Gasteiger partial charge on any atom is -0.384 e. The van der Waals surface area contributed by atoms with Gasteiger partial charge >= 0.3 is 0 Å². The van der Waals surface area contributed by atoms with Gasteiger partial charge in [-0.05, 0) is 25.0 Å². The van der Waals surface area contributed by atoms with Crippen molar-refractivity contribution in [3.63, 3.8) is 0 Å². The molecular weight excluding hydrogens is 318 g/mol. The van der Waals surface area contributed by atoms with Crippen molar-refractivity contribution in [1.82, 2.24) is 15.6 Å². The van der Waals surface area contributed by atoms with Crippen LogP contribution in [0.5, 0.6) is 0 Å². The molecule has 2 aromatic rings. The zero-order valence-corrected chi connectivity index (χ0v) is 14.3. The molecule has 1 aromatic heterocycles. The molecule has 1 heterocycles. The van der Waals surface area contributed by atoms with Crippen LogP contribution in [-0.4, -0.2) is 28.0 Å². The molecule has 3 atom stereocenters. The second kappa shape index (κ2) is 8.94. The molecular formula is C19H23N3O3. The summed E-state index contributed by atoms with van der Waals surface area (Å²) in [6.45, 7) is 3.33. The summed E-state index contributed by atoms with van der Waals surface area (Å²) in [6, 6.07) is 11.9. The van der Waals surface area contributed by atoms with Gasteiger partial charge in [0, 0.05) is 18.0 Å². The van der Waals surface area contributed by atoms with E-state index in [-0.39, 0.29) is 11.9 Å². The number of carbonyl (C=O) groups is 2. The maximum atomic E-state index is 12.8. The first kappa shape index (κ1) is 18.6. The van der Waals surface area contributed by atoms with E-state index in [0.717, 1.165) is 5.56 Å². The first-order chi connectivity index (χ1) is 12.0. The fraction of sp³-hybridized carbons (Fsp3) is 0.316. The zero-order chi connectivity index (χ0) is 18.2. The van der Waals surface area contributed by atoms with Gasteiger partial charge in [-0.3, -0.25) is 14.6 Å². The van der Waals surface area contributed by atoms with Crippen molar-refractivity contribution >= 4 is 11.8 Å². The van der Waals surface area contributed by atoms with Gasteiger partial charge in [-0.25, -0.2) is 0 Å². The van der Waals surface area contributed by atoms with E-state index in [1.807, 2.05) is 37.3 Å². The third-order valence-corrected chi connectivity index (χ3v) is 3.87. The molecule has 0 radical (unpaired) electrons. The van der Waals surface area contributed by atoms with Crippen LogP contribution in [0.2, 0.25) is 0 Å². The number of pyridine rings is 1. The number of aromatic nitrogens is 1. The Labute approximate surface area is 147 Å². The fourth-order valence-electron chi connectivity index (χ4n) is 2.47. The van der Waals surface area contributed by atoms with Crippen LogP contribution in [0.15, 0.2) is 54.9 Å². The van der Waals surface area contributed by atoms with Crippen molar-refractivity contribution in [1.29, 1.82) is 0 Å². The van der Waals surface area contributed by atoms with Gasteiger partial charge in [0.1, 0.15) is 12.1 Å². The molecule has 0 saturated heterocycles. The molecule has 0 saturated carbocycles. The Bertz CT molecular complexity index is 690. The molecule has 0 aliphatic rings. The summed E-state index contributed by atoms with van der Waals surface area (Å²) in [5.41, 5.74) is 1.54. The van der Waals surface area contributed by atoms with Crippen molar-refractivity contribution < 1.29 is 14.7 Å². The Morgan fingerprint density at radius 2 is 1.72 bits per heavy atom. The van der Waals surface area contributed by atoms with Crippen LogP contribution < -0.4 is 10.6 Å². The minimum absolute atomic E-state index is 0.170. The summed E-state index contributed by atoms with van der Waals surface area (Å²) in [5.74, 6) is -0.963. The molecule has 2 unspecified atom stereocenters. The number of carbonyl (C=O) groups excluding carboxylic acids is 2. The molecule has 2 amide bonds. The fourth-order valence-corrected chi connectivity index (χ4v) is 2.47. The average Bonchev–Trinajstić information content (AvgIpc) is 2.65. The monoisotopic (exact) mass is 341 g/mol. The number of aliphatic hydroxyl groups excluding tert-OH is 1. The van der Waals surface area contributed by atoms with Crippen LogP contribution in [0.25, 0.3) is 0 Å². The lowest BCUT2D eigenvalue weighted by Crippen LogP contribution is -2.44. The van der Waals surface area contributed by atoms with E-state index in [9.17, 15) is 14.7 Å². The van der Waals surface area contributed by atoms with Crippen molar-refractivity contribution in [2.45, 2.75) is 38.5 Å². The minimum atomic E-state index is -1.21. The summed E-state index contributed by atoms with van der Waals surface area (Å²) in [4.78, 5) is 28.7. The van der Waals surface area contributed by atoms with E-state index in [1.165, 1.54) is 13.1 Å². The summed E-state index contributed by atoms with van der Waals surface area (Å²) in [6.07, 6.45) is 2.62. The number of benzene rings is 1.